The maximum atomic E-state index is 3.60. The van der Waals surface area contributed by atoms with Crippen molar-refractivity contribution >= 4 is 11.8 Å². The fourth-order valence-electron chi connectivity index (χ4n) is 1.97. The van der Waals surface area contributed by atoms with E-state index in [2.05, 4.69) is 24.5 Å². The van der Waals surface area contributed by atoms with Gasteiger partial charge in [0.05, 0.1) is 0 Å². The first-order valence-corrected chi connectivity index (χ1v) is 8.31. The van der Waals surface area contributed by atoms with Gasteiger partial charge in [0, 0.05) is 36.0 Å². The number of hydrogen-bond donors (Lipinski definition) is 2. The molecule has 0 aromatic heterocycles. The fourth-order valence-corrected chi connectivity index (χ4v) is 3.04. The van der Waals surface area contributed by atoms with E-state index in [0.717, 1.165) is 13.1 Å². The SMILES string of the molecule is CCCCCNC1=C(NCCCCC)CSC1. The molecule has 2 nitrogen and oxygen atoms in total. The van der Waals surface area contributed by atoms with Gasteiger partial charge in [-0.05, 0) is 12.8 Å². The largest absolute Gasteiger partial charge is 0.386 e. The minimum atomic E-state index is 1.14. The second-order valence-corrected chi connectivity index (χ2v) is 5.70. The van der Waals surface area contributed by atoms with E-state index in [9.17, 15) is 0 Å². The molecule has 1 rings (SSSR count). The lowest BCUT2D eigenvalue weighted by atomic mass is 10.2. The van der Waals surface area contributed by atoms with Gasteiger partial charge in [-0.2, -0.15) is 0 Å². The van der Waals surface area contributed by atoms with Crippen molar-refractivity contribution < 1.29 is 0 Å². The van der Waals surface area contributed by atoms with Crippen molar-refractivity contribution in [2.24, 2.45) is 0 Å². The molecule has 0 radical (unpaired) electrons. The molecule has 100 valence electrons. The van der Waals surface area contributed by atoms with Crippen LogP contribution >= 0.6 is 11.8 Å². The van der Waals surface area contributed by atoms with Crippen LogP contribution in [0.4, 0.5) is 0 Å². The Morgan fingerprint density at radius 1 is 0.824 bits per heavy atom. The molecule has 0 aromatic carbocycles. The van der Waals surface area contributed by atoms with E-state index in [1.165, 1.54) is 61.4 Å². The van der Waals surface area contributed by atoms with E-state index in [-0.39, 0.29) is 0 Å². The Morgan fingerprint density at radius 3 is 1.71 bits per heavy atom. The van der Waals surface area contributed by atoms with E-state index < -0.39 is 0 Å². The van der Waals surface area contributed by atoms with Crippen molar-refractivity contribution in [2.75, 3.05) is 24.6 Å². The first-order chi connectivity index (χ1) is 8.38. The van der Waals surface area contributed by atoms with Crippen molar-refractivity contribution in [3.8, 4) is 0 Å². The lowest BCUT2D eigenvalue weighted by molar-refractivity contribution is 0.643. The lowest BCUT2D eigenvalue weighted by Gasteiger charge is -2.11. The molecule has 0 saturated heterocycles. The Bertz CT molecular complexity index is 204. The molecular weight excluding hydrogens is 228 g/mol. The lowest BCUT2D eigenvalue weighted by Crippen LogP contribution is -2.23. The summed E-state index contributed by atoms with van der Waals surface area (Å²) in [6.07, 6.45) is 7.89. The van der Waals surface area contributed by atoms with Crippen LogP contribution in [0.15, 0.2) is 11.4 Å². The van der Waals surface area contributed by atoms with Crippen molar-refractivity contribution in [2.45, 2.75) is 52.4 Å². The van der Waals surface area contributed by atoms with Crippen molar-refractivity contribution in [1.29, 1.82) is 0 Å². The molecule has 0 saturated carbocycles. The van der Waals surface area contributed by atoms with Crippen LogP contribution in [0.1, 0.15) is 52.4 Å². The summed E-state index contributed by atoms with van der Waals surface area (Å²) in [5.41, 5.74) is 2.92. The molecule has 0 atom stereocenters. The summed E-state index contributed by atoms with van der Waals surface area (Å²) >= 11 is 2.02. The number of unbranched alkanes of at least 4 members (excludes halogenated alkanes) is 4. The zero-order chi connectivity index (χ0) is 12.3. The highest BCUT2D eigenvalue weighted by molar-refractivity contribution is 7.99. The molecule has 0 aromatic rings. The minimum Gasteiger partial charge on any atom is -0.386 e. The second-order valence-electron chi connectivity index (χ2n) is 4.72. The minimum absolute atomic E-state index is 1.14. The van der Waals surface area contributed by atoms with E-state index in [4.69, 9.17) is 0 Å². The highest BCUT2D eigenvalue weighted by atomic mass is 32.2. The van der Waals surface area contributed by atoms with Gasteiger partial charge >= 0.3 is 0 Å². The van der Waals surface area contributed by atoms with Crippen molar-refractivity contribution in [3.63, 3.8) is 0 Å². The van der Waals surface area contributed by atoms with Crippen LogP contribution in [0.25, 0.3) is 0 Å². The fraction of sp³-hybridized carbons (Fsp3) is 0.857. The number of nitrogens with one attached hydrogen (secondary N) is 2. The Morgan fingerprint density at radius 2 is 1.29 bits per heavy atom. The summed E-state index contributed by atoms with van der Waals surface area (Å²) in [5, 5.41) is 7.21. The number of thioether (sulfide) groups is 1. The predicted octanol–water partition coefficient (Wildman–Crippen LogP) is 3.50. The molecule has 1 aliphatic rings. The van der Waals surface area contributed by atoms with Crippen LogP contribution in [0.5, 0.6) is 0 Å². The molecule has 0 bridgehead atoms. The topological polar surface area (TPSA) is 24.1 Å². The second kappa shape index (κ2) is 9.69. The van der Waals surface area contributed by atoms with Gasteiger partial charge in [0.1, 0.15) is 0 Å². The quantitative estimate of drug-likeness (QED) is 0.585. The molecule has 1 aliphatic heterocycles. The summed E-state index contributed by atoms with van der Waals surface area (Å²) in [5.74, 6) is 2.34. The van der Waals surface area contributed by atoms with Crippen molar-refractivity contribution in [1.82, 2.24) is 10.6 Å². The third kappa shape index (κ3) is 6.25. The molecule has 2 N–H and O–H groups in total. The van der Waals surface area contributed by atoms with Crippen LogP contribution in [0, 0.1) is 0 Å². The Kier molecular flexibility index (Phi) is 8.41. The summed E-state index contributed by atoms with van der Waals surface area (Å²) in [4.78, 5) is 0. The number of rotatable bonds is 10. The van der Waals surface area contributed by atoms with Gasteiger partial charge in [-0.15, -0.1) is 11.8 Å². The Hall–Kier alpha value is -0.310. The van der Waals surface area contributed by atoms with E-state index in [1.54, 1.807) is 0 Å². The molecular formula is C14H28N2S. The summed E-state index contributed by atoms with van der Waals surface area (Å²) in [7, 11) is 0. The zero-order valence-corrected chi connectivity index (χ0v) is 12.3. The van der Waals surface area contributed by atoms with E-state index in [1.807, 2.05) is 11.8 Å². The number of hydrogen-bond acceptors (Lipinski definition) is 3. The van der Waals surface area contributed by atoms with E-state index in [0.29, 0.717) is 0 Å². The van der Waals surface area contributed by atoms with Crippen LogP contribution in [-0.2, 0) is 0 Å². The van der Waals surface area contributed by atoms with Gasteiger partial charge in [0.15, 0.2) is 0 Å². The standard InChI is InChI=1S/C14H28N2S/c1-3-5-7-9-15-13-11-17-12-14(13)16-10-8-6-4-2/h15-16H,3-12H2,1-2H3. The smallest absolute Gasteiger partial charge is 0.0409 e. The maximum absolute atomic E-state index is 3.60. The molecule has 0 amide bonds. The van der Waals surface area contributed by atoms with E-state index >= 15 is 0 Å². The molecule has 0 unspecified atom stereocenters. The Labute approximate surface area is 111 Å². The first kappa shape index (κ1) is 14.7. The molecule has 0 aliphatic carbocycles. The van der Waals surface area contributed by atoms with Gasteiger partial charge in [0.2, 0.25) is 0 Å². The van der Waals surface area contributed by atoms with Crippen LogP contribution < -0.4 is 10.6 Å². The summed E-state index contributed by atoms with van der Waals surface area (Å²) < 4.78 is 0. The monoisotopic (exact) mass is 256 g/mol. The average Bonchev–Trinajstić information content (AvgIpc) is 2.78. The van der Waals surface area contributed by atoms with Gasteiger partial charge in [-0.25, -0.2) is 0 Å². The third-order valence-electron chi connectivity index (χ3n) is 3.09. The molecule has 0 fully saturated rings. The first-order valence-electron chi connectivity index (χ1n) is 7.16. The highest BCUT2D eigenvalue weighted by Crippen LogP contribution is 2.20. The summed E-state index contributed by atoms with van der Waals surface area (Å²) in [6.45, 7) is 6.80. The van der Waals surface area contributed by atoms with Gasteiger partial charge < -0.3 is 10.6 Å². The normalized spacial score (nSPS) is 15.4. The maximum Gasteiger partial charge on any atom is 0.0409 e. The van der Waals surface area contributed by atoms with Gasteiger partial charge in [0.25, 0.3) is 0 Å². The molecule has 1 heterocycles. The van der Waals surface area contributed by atoms with Crippen LogP contribution in [-0.4, -0.2) is 24.6 Å². The predicted molar refractivity (Wildman–Crippen MR) is 79.4 cm³/mol. The van der Waals surface area contributed by atoms with Crippen LogP contribution in [0.2, 0.25) is 0 Å². The van der Waals surface area contributed by atoms with Crippen molar-refractivity contribution in [3.05, 3.63) is 11.4 Å². The van der Waals surface area contributed by atoms with Gasteiger partial charge in [-0.3, -0.25) is 0 Å². The zero-order valence-electron chi connectivity index (χ0n) is 11.5. The molecule has 17 heavy (non-hydrogen) atoms. The van der Waals surface area contributed by atoms with Gasteiger partial charge in [-0.1, -0.05) is 39.5 Å². The Balaban J connectivity index is 2.18. The highest BCUT2D eigenvalue weighted by Gasteiger charge is 2.13. The van der Waals surface area contributed by atoms with Crippen LogP contribution in [0.3, 0.4) is 0 Å². The third-order valence-corrected chi connectivity index (χ3v) is 4.08. The molecule has 0 spiro atoms. The molecule has 3 heteroatoms. The summed E-state index contributed by atoms with van der Waals surface area (Å²) in [6, 6.07) is 0. The average molecular weight is 256 g/mol.